The molecular weight excluding hydrogens is 228 g/mol. The van der Waals surface area contributed by atoms with Crippen molar-refractivity contribution in [2.75, 3.05) is 0 Å². The van der Waals surface area contributed by atoms with Gasteiger partial charge in [-0.3, -0.25) is 0 Å². The van der Waals surface area contributed by atoms with Crippen LogP contribution >= 0.6 is 0 Å². The van der Waals surface area contributed by atoms with Gasteiger partial charge in [0.25, 0.3) is 0 Å². The summed E-state index contributed by atoms with van der Waals surface area (Å²) >= 11 is 0. The zero-order valence-corrected chi connectivity index (χ0v) is 11.2. The molecule has 0 saturated carbocycles. The third kappa shape index (κ3) is 1.29. The van der Waals surface area contributed by atoms with Gasteiger partial charge in [0.2, 0.25) is 0 Å². The molecule has 19 heavy (non-hydrogen) atoms. The van der Waals surface area contributed by atoms with E-state index in [1.807, 2.05) is 6.07 Å². The van der Waals surface area contributed by atoms with Gasteiger partial charge in [0.15, 0.2) is 0 Å². The summed E-state index contributed by atoms with van der Waals surface area (Å²) in [7, 11) is 0. The summed E-state index contributed by atoms with van der Waals surface area (Å²) < 4.78 is 0. The summed E-state index contributed by atoms with van der Waals surface area (Å²) in [6.45, 7) is 4.65. The molecule has 0 amide bonds. The molecule has 0 saturated heterocycles. The molecule has 0 heteroatoms. The van der Waals surface area contributed by atoms with Crippen molar-refractivity contribution in [2.45, 2.75) is 19.3 Å². The monoisotopic (exact) mass is 243 g/mol. The van der Waals surface area contributed by atoms with E-state index in [9.17, 15) is 0 Å². The highest BCUT2D eigenvalue weighted by Gasteiger charge is 2.36. The average Bonchev–Trinajstić information content (AvgIpc) is 2.68. The Hall–Kier alpha value is -2.08. The third-order valence-electron chi connectivity index (χ3n) is 4.38. The van der Waals surface area contributed by atoms with Crippen molar-refractivity contribution < 1.29 is 0 Å². The molecule has 0 atom stereocenters. The second kappa shape index (κ2) is 3.48. The van der Waals surface area contributed by atoms with E-state index in [1.165, 1.54) is 33.0 Å². The average molecular weight is 243 g/mol. The second-order valence-corrected chi connectivity index (χ2v) is 5.81. The molecule has 0 spiro atoms. The van der Waals surface area contributed by atoms with Gasteiger partial charge in [0, 0.05) is 5.41 Å². The first-order chi connectivity index (χ1) is 9.19. The van der Waals surface area contributed by atoms with Gasteiger partial charge in [0.05, 0.1) is 0 Å². The third-order valence-corrected chi connectivity index (χ3v) is 4.38. The zero-order valence-electron chi connectivity index (χ0n) is 11.2. The van der Waals surface area contributed by atoms with Crippen LogP contribution in [0.15, 0.2) is 54.6 Å². The van der Waals surface area contributed by atoms with E-state index in [1.54, 1.807) is 0 Å². The Morgan fingerprint density at radius 2 is 1.74 bits per heavy atom. The van der Waals surface area contributed by atoms with Crippen LogP contribution in [0.5, 0.6) is 0 Å². The molecule has 0 unspecified atom stereocenters. The molecule has 1 aliphatic carbocycles. The van der Waals surface area contributed by atoms with Crippen molar-refractivity contribution in [3.8, 4) is 11.1 Å². The van der Waals surface area contributed by atoms with Crippen LogP contribution in [0.4, 0.5) is 0 Å². The number of hydrogen-bond acceptors (Lipinski definition) is 0. The molecule has 1 radical (unpaired) electrons. The standard InChI is InChI=1S/C19H15/c1-19(2)17-10-6-5-9-15(17)16-12-11-13-7-3-4-8-14(13)18(16)19/h4-12H,1-2H3. The summed E-state index contributed by atoms with van der Waals surface area (Å²) in [6.07, 6.45) is 0. The van der Waals surface area contributed by atoms with Gasteiger partial charge >= 0.3 is 0 Å². The van der Waals surface area contributed by atoms with Gasteiger partial charge in [-0.1, -0.05) is 62.4 Å². The minimum absolute atomic E-state index is 0.0762. The predicted octanol–water partition coefficient (Wildman–Crippen LogP) is 4.95. The number of hydrogen-bond donors (Lipinski definition) is 0. The fourth-order valence-electron chi connectivity index (χ4n) is 3.51. The highest BCUT2D eigenvalue weighted by atomic mass is 14.4. The van der Waals surface area contributed by atoms with E-state index >= 15 is 0 Å². The van der Waals surface area contributed by atoms with Crippen molar-refractivity contribution in [1.29, 1.82) is 0 Å². The molecule has 0 aliphatic heterocycles. The molecule has 3 aromatic carbocycles. The van der Waals surface area contributed by atoms with Crippen molar-refractivity contribution in [3.05, 3.63) is 71.8 Å². The summed E-state index contributed by atoms with van der Waals surface area (Å²) in [6, 6.07) is 22.7. The minimum Gasteiger partial charge on any atom is -0.0619 e. The largest absolute Gasteiger partial charge is 0.0619 e. The lowest BCUT2D eigenvalue weighted by Crippen LogP contribution is -2.15. The lowest BCUT2D eigenvalue weighted by atomic mass is 9.80. The number of benzene rings is 3. The van der Waals surface area contributed by atoms with E-state index in [2.05, 4.69) is 68.4 Å². The SMILES string of the molecule is CC1(C)c2ccccc2-c2ccc3c[c]ccc3c21. The Balaban J connectivity index is 2.20. The Bertz CT molecular complexity index is 794. The molecule has 3 aromatic rings. The van der Waals surface area contributed by atoms with Gasteiger partial charge in [-0.2, -0.15) is 0 Å². The van der Waals surface area contributed by atoms with Gasteiger partial charge in [-0.15, -0.1) is 0 Å². The lowest BCUT2D eigenvalue weighted by Gasteiger charge is -2.23. The molecule has 0 bridgehead atoms. The van der Waals surface area contributed by atoms with Crippen LogP contribution in [0.1, 0.15) is 25.0 Å². The lowest BCUT2D eigenvalue weighted by molar-refractivity contribution is 0.666. The van der Waals surface area contributed by atoms with Crippen LogP contribution in [0.3, 0.4) is 0 Å². The molecule has 0 fully saturated rings. The van der Waals surface area contributed by atoms with E-state index in [-0.39, 0.29) is 5.41 Å². The fourth-order valence-corrected chi connectivity index (χ4v) is 3.51. The van der Waals surface area contributed by atoms with Gasteiger partial charge in [-0.25, -0.2) is 0 Å². The summed E-state index contributed by atoms with van der Waals surface area (Å²) in [5.41, 5.74) is 5.74. The Morgan fingerprint density at radius 3 is 2.63 bits per heavy atom. The Morgan fingerprint density at radius 1 is 0.895 bits per heavy atom. The van der Waals surface area contributed by atoms with Crippen molar-refractivity contribution >= 4 is 10.8 Å². The first-order valence-corrected chi connectivity index (χ1v) is 6.73. The molecular formula is C19H15. The Kier molecular flexibility index (Phi) is 1.98. The maximum atomic E-state index is 3.18. The first-order valence-electron chi connectivity index (χ1n) is 6.73. The summed E-state index contributed by atoms with van der Waals surface area (Å²) in [5, 5.41) is 2.64. The number of rotatable bonds is 0. The second-order valence-electron chi connectivity index (χ2n) is 5.81. The molecule has 1 aliphatic rings. The fraction of sp³-hybridized carbons (Fsp3) is 0.158. The van der Waals surface area contributed by atoms with Crippen LogP contribution < -0.4 is 0 Å². The van der Waals surface area contributed by atoms with Crippen molar-refractivity contribution in [3.63, 3.8) is 0 Å². The molecule has 4 rings (SSSR count). The molecule has 0 nitrogen and oxygen atoms in total. The van der Waals surface area contributed by atoms with Crippen molar-refractivity contribution in [2.24, 2.45) is 0 Å². The van der Waals surface area contributed by atoms with Crippen LogP contribution in [-0.4, -0.2) is 0 Å². The quantitative estimate of drug-likeness (QED) is 0.524. The predicted molar refractivity (Wildman–Crippen MR) is 80.3 cm³/mol. The molecule has 91 valence electrons. The van der Waals surface area contributed by atoms with Gasteiger partial charge in [0.1, 0.15) is 0 Å². The van der Waals surface area contributed by atoms with Crippen LogP contribution in [0, 0.1) is 6.07 Å². The van der Waals surface area contributed by atoms with Crippen LogP contribution in [0.25, 0.3) is 21.9 Å². The minimum atomic E-state index is 0.0762. The smallest absolute Gasteiger partial charge is 0.0165 e. The van der Waals surface area contributed by atoms with E-state index in [0.717, 1.165) is 0 Å². The van der Waals surface area contributed by atoms with Gasteiger partial charge in [-0.05, 0) is 45.2 Å². The van der Waals surface area contributed by atoms with Crippen LogP contribution in [-0.2, 0) is 5.41 Å². The number of fused-ring (bicyclic) bond motifs is 5. The first kappa shape index (κ1) is 10.8. The zero-order chi connectivity index (χ0) is 13.0. The highest BCUT2D eigenvalue weighted by molar-refractivity contribution is 5.97. The highest BCUT2D eigenvalue weighted by Crippen LogP contribution is 2.50. The van der Waals surface area contributed by atoms with E-state index < -0.39 is 0 Å². The van der Waals surface area contributed by atoms with Crippen molar-refractivity contribution in [1.82, 2.24) is 0 Å². The maximum Gasteiger partial charge on any atom is 0.0165 e. The molecule has 0 N–H and O–H groups in total. The van der Waals surface area contributed by atoms with E-state index in [0.29, 0.717) is 0 Å². The molecule has 0 aromatic heterocycles. The summed E-state index contributed by atoms with van der Waals surface area (Å²) in [4.78, 5) is 0. The Labute approximate surface area is 113 Å². The maximum absolute atomic E-state index is 3.18. The molecule has 0 heterocycles. The normalized spacial score (nSPS) is 15.3. The van der Waals surface area contributed by atoms with Gasteiger partial charge < -0.3 is 0 Å². The van der Waals surface area contributed by atoms with Crippen LogP contribution in [0.2, 0.25) is 0 Å². The van der Waals surface area contributed by atoms with E-state index in [4.69, 9.17) is 0 Å². The summed E-state index contributed by atoms with van der Waals surface area (Å²) in [5.74, 6) is 0. The topological polar surface area (TPSA) is 0 Å².